The molecule has 108 valence electrons. The summed E-state index contributed by atoms with van der Waals surface area (Å²) >= 11 is 0. The van der Waals surface area contributed by atoms with Crippen molar-refractivity contribution in [3.8, 4) is 11.8 Å². The lowest BCUT2D eigenvalue weighted by molar-refractivity contribution is 0.414. The molecular formula is C18H15N3O. The van der Waals surface area contributed by atoms with Gasteiger partial charge in [-0.15, -0.1) is 0 Å². The van der Waals surface area contributed by atoms with Crippen molar-refractivity contribution < 1.29 is 4.74 Å². The summed E-state index contributed by atoms with van der Waals surface area (Å²) in [6.07, 6.45) is 1.82. The zero-order chi connectivity index (χ0) is 15.5. The number of hydrogen-bond donors (Lipinski definition) is 0. The maximum Gasteiger partial charge on any atom is 0.151 e. The summed E-state index contributed by atoms with van der Waals surface area (Å²) in [4.78, 5) is 4.56. The second-order valence-electron chi connectivity index (χ2n) is 4.93. The second kappa shape index (κ2) is 5.74. The molecule has 0 amide bonds. The van der Waals surface area contributed by atoms with E-state index >= 15 is 0 Å². The van der Waals surface area contributed by atoms with E-state index < -0.39 is 0 Å². The number of imidazole rings is 1. The van der Waals surface area contributed by atoms with E-state index in [4.69, 9.17) is 4.74 Å². The summed E-state index contributed by atoms with van der Waals surface area (Å²) in [5, 5.41) is 9.51. The third-order valence-electron chi connectivity index (χ3n) is 3.55. The van der Waals surface area contributed by atoms with Crippen molar-refractivity contribution in [3.05, 3.63) is 59.9 Å². The molecule has 0 saturated carbocycles. The fourth-order valence-corrected chi connectivity index (χ4v) is 2.43. The van der Waals surface area contributed by atoms with Gasteiger partial charge in [0.15, 0.2) is 5.82 Å². The van der Waals surface area contributed by atoms with Gasteiger partial charge < -0.3 is 9.30 Å². The number of fused-ring (bicyclic) bond motifs is 1. The van der Waals surface area contributed by atoms with Crippen molar-refractivity contribution in [2.75, 3.05) is 7.11 Å². The molecule has 3 rings (SSSR count). The predicted molar refractivity (Wildman–Crippen MR) is 87.2 cm³/mol. The molecule has 0 aliphatic rings. The Labute approximate surface area is 128 Å². The standard InChI is InChI=1S/C18H15N3O/c1-21-17-9-4-3-8-16(17)20-18(21)14(12-19)10-13-6-5-7-15(11-13)22-2/h3-11H,1-2H3. The lowest BCUT2D eigenvalue weighted by Crippen LogP contribution is -1.96. The van der Waals surface area contributed by atoms with Gasteiger partial charge in [-0.25, -0.2) is 4.98 Å². The summed E-state index contributed by atoms with van der Waals surface area (Å²) in [5.74, 6) is 1.42. The Morgan fingerprint density at radius 2 is 2.05 bits per heavy atom. The van der Waals surface area contributed by atoms with Crippen molar-refractivity contribution in [1.29, 1.82) is 5.26 Å². The summed E-state index contributed by atoms with van der Waals surface area (Å²) in [6, 6.07) is 17.7. The Balaban J connectivity index is 2.11. The number of methoxy groups -OCH3 is 1. The van der Waals surface area contributed by atoms with Gasteiger partial charge in [0.1, 0.15) is 11.8 Å². The number of hydrogen-bond acceptors (Lipinski definition) is 3. The molecule has 22 heavy (non-hydrogen) atoms. The highest BCUT2D eigenvalue weighted by atomic mass is 16.5. The molecule has 0 unspecified atom stereocenters. The molecule has 0 spiro atoms. The molecule has 0 saturated heterocycles. The molecule has 0 bridgehead atoms. The van der Waals surface area contributed by atoms with E-state index in [1.807, 2.05) is 66.2 Å². The van der Waals surface area contributed by atoms with Gasteiger partial charge in [-0.2, -0.15) is 5.26 Å². The number of nitrogens with zero attached hydrogens (tertiary/aromatic N) is 3. The number of aromatic nitrogens is 2. The maximum absolute atomic E-state index is 9.51. The van der Waals surface area contributed by atoms with E-state index in [1.54, 1.807) is 7.11 Å². The molecule has 3 aromatic rings. The topological polar surface area (TPSA) is 50.8 Å². The largest absolute Gasteiger partial charge is 0.497 e. The Hall–Kier alpha value is -3.06. The van der Waals surface area contributed by atoms with Crippen LogP contribution in [0.5, 0.6) is 5.75 Å². The van der Waals surface area contributed by atoms with E-state index in [1.165, 1.54) is 0 Å². The lowest BCUT2D eigenvalue weighted by atomic mass is 10.1. The van der Waals surface area contributed by atoms with Gasteiger partial charge in [-0.05, 0) is 35.9 Å². The van der Waals surface area contributed by atoms with Gasteiger partial charge in [0.2, 0.25) is 0 Å². The van der Waals surface area contributed by atoms with E-state index in [-0.39, 0.29) is 0 Å². The smallest absolute Gasteiger partial charge is 0.151 e. The van der Waals surface area contributed by atoms with Gasteiger partial charge in [0, 0.05) is 7.05 Å². The van der Waals surface area contributed by atoms with Crippen LogP contribution in [0.2, 0.25) is 0 Å². The quantitative estimate of drug-likeness (QED) is 0.692. The summed E-state index contributed by atoms with van der Waals surface area (Å²) < 4.78 is 7.15. The monoisotopic (exact) mass is 289 g/mol. The number of aryl methyl sites for hydroxylation is 1. The van der Waals surface area contributed by atoms with Crippen LogP contribution in [0.4, 0.5) is 0 Å². The molecule has 1 heterocycles. The van der Waals surface area contributed by atoms with E-state index in [9.17, 15) is 5.26 Å². The van der Waals surface area contributed by atoms with E-state index in [2.05, 4.69) is 11.1 Å². The van der Waals surface area contributed by atoms with Crippen molar-refractivity contribution in [3.63, 3.8) is 0 Å². The average molecular weight is 289 g/mol. The van der Waals surface area contributed by atoms with E-state index in [0.717, 1.165) is 22.3 Å². The van der Waals surface area contributed by atoms with Crippen LogP contribution in [0.1, 0.15) is 11.4 Å². The number of benzene rings is 2. The van der Waals surface area contributed by atoms with Crippen LogP contribution >= 0.6 is 0 Å². The minimum atomic E-state index is 0.520. The van der Waals surface area contributed by atoms with Crippen LogP contribution in [-0.4, -0.2) is 16.7 Å². The van der Waals surface area contributed by atoms with Crippen molar-refractivity contribution in [1.82, 2.24) is 9.55 Å². The molecular weight excluding hydrogens is 274 g/mol. The third-order valence-corrected chi connectivity index (χ3v) is 3.55. The number of allylic oxidation sites excluding steroid dienone is 1. The molecule has 0 radical (unpaired) electrons. The van der Waals surface area contributed by atoms with Crippen LogP contribution < -0.4 is 4.74 Å². The first kappa shape index (κ1) is 13.9. The molecule has 4 heteroatoms. The Morgan fingerprint density at radius 1 is 1.23 bits per heavy atom. The highest BCUT2D eigenvalue weighted by Gasteiger charge is 2.11. The second-order valence-corrected chi connectivity index (χ2v) is 4.93. The molecule has 4 nitrogen and oxygen atoms in total. The van der Waals surface area contributed by atoms with Gasteiger partial charge >= 0.3 is 0 Å². The molecule has 0 aliphatic heterocycles. The number of para-hydroxylation sites is 2. The van der Waals surface area contributed by atoms with Gasteiger partial charge in [0.05, 0.1) is 23.7 Å². The highest BCUT2D eigenvalue weighted by Crippen LogP contribution is 2.23. The Bertz CT molecular complexity index is 900. The minimum absolute atomic E-state index is 0.520. The molecule has 0 N–H and O–H groups in total. The van der Waals surface area contributed by atoms with Crippen molar-refractivity contribution in [2.24, 2.45) is 7.05 Å². The Kier molecular flexibility index (Phi) is 3.63. The number of rotatable bonds is 3. The Morgan fingerprint density at radius 3 is 2.77 bits per heavy atom. The van der Waals surface area contributed by atoms with Crippen LogP contribution in [0, 0.1) is 11.3 Å². The lowest BCUT2D eigenvalue weighted by Gasteiger charge is -2.03. The van der Waals surface area contributed by atoms with Gasteiger partial charge in [-0.3, -0.25) is 0 Å². The van der Waals surface area contributed by atoms with E-state index in [0.29, 0.717) is 11.4 Å². The summed E-state index contributed by atoms with van der Waals surface area (Å²) in [5.41, 5.74) is 3.31. The van der Waals surface area contributed by atoms with Gasteiger partial charge in [0.25, 0.3) is 0 Å². The van der Waals surface area contributed by atoms with Crippen molar-refractivity contribution in [2.45, 2.75) is 0 Å². The first-order chi connectivity index (χ1) is 10.7. The third kappa shape index (κ3) is 2.45. The fraction of sp³-hybridized carbons (Fsp3) is 0.111. The molecule has 0 fully saturated rings. The minimum Gasteiger partial charge on any atom is -0.497 e. The van der Waals surface area contributed by atoms with Crippen LogP contribution in [0.25, 0.3) is 22.7 Å². The van der Waals surface area contributed by atoms with Crippen molar-refractivity contribution >= 4 is 22.7 Å². The number of ether oxygens (including phenoxy) is 1. The average Bonchev–Trinajstić information content (AvgIpc) is 2.90. The highest BCUT2D eigenvalue weighted by molar-refractivity contribution is 5.90. The van der Waals surface area contributed by atoms with Gasteiger partial charge in [-0.1, -0.05) is 24.3 Å². The zero-order valence-electron chi connectivity index (χ0n) is 12.4. The molecule has 2 aromatic carbocycles. The SMILES string of the molecule is COc1cccc(C=C(C#N)c2nc3ccccc3n2C)c1. The molecule has 0 atom stereocenters. The maximum atomic E-state index is 9.51. The van der Waals surface area contributed by atoms with Crippen LogP contribution in [0.3, 0.4) is 0 Å². The van der Waals surface area contributed by atoms with Crippen LogP contribution in [0.15, 0.2) is 48.5 Å². The molecule has 1 aromatic heterocycles. The zero-order valence-corrected chi connectivity index (χ0v) is 12.4. The fourth-order valence-electron chi connectivity index (χ4n) is 2.43. The summed E-state index contributed by atoms with van der Waals surface area (Å²) in [7, 11) is 3.54. The normalized spacial score (nSPS) is 11.4. The predicted octanol–water partition coefficient (Wildman–Crippen LogP) is 3.65. The number of nitriles is 1. The summed E-state index contributed by atoms with van der Waals surface area (Å²) in [6.45, 7) is 0. The molecule has 0 aliphatic carbocycles. The van der Waals surface area contributed by atoms with Crippen LogP contribution in [-0.2, 0) is 7.05 Å². The first-order valence-corrected chi connectivity index (χ1v) is 6.90. The first-order valence-electron chi connectivity index (χ1n) is 6.90.